The number of carbonyl (C=O) groups is 1. The molecule has 1 aromatic rings. The smallest absolute Gasteiger partial charge is 0.222 e. The number of rotatable bonds is 11. The maximum absolute atomic E-state index is 11.8. The summed E-state index contributed by atoms with van der Waals surface area (Å²) in [4.78, 5) is 18.5. The third-order valence-electron chi connectivity index (χ3n) is 5.21. The molecule has 1 aliphatic heterocycles. The van der Waals surface area contributed by atoms with E-state index in [0.29, 0.717) is 19.0 Å². The number of unbranched alkanes of at least 4 members (excludes halogenated alkanes) is 3. The van der Waals surface area contributed by atoms with Crippen molar-refractivity contribution in [3.05, 3.63) is 35.4 Å². The van der Waals surface area contributed by atoms with E-state index in [1.165, 1.54) is 43.2 Å². The molecule has 1 aliphatic rings. The minimum absolute atomic E-state index is 0.277. The van der Waals surface area contributed by atoms with Crippen LogP contribution in [-0.2, 0) is 17.9 Å². The summed E-state index contributed by atoms with van der Waals surface area (Å²) in [5.74, 6) is 1.16. The Labute approximate surface area is 171 Å². The molecular weight excluding hydrogens is 348 g/mol. The zero-order valence-electron chi connectivity index (χ0n) is 18.0. The van der Waals surface area contributed by atoms with Gasteiger partial charge >= 0.3 is 0 Å². The molecule has 0 saturated carbocycles. The highest BCUT2D eigenvalue weighted by atomic mass is 16.2. The lowest BCUT2D eigenvalue weighted by Gasteiger charge is -2.18. The average molecular weight is 387 g/mol. The third-order valence-corrected chi connectivity index (χ3v) is 5.21. The molecule has 1 amide bonds. The Morgan fingerprint density at radius 2 is 1.89 bits per heavy atom. The number of hydrogen-bond acceptors (Lipinski definition) is 2. The van der Waals surface area contributed by atoms with Crippen LogP contribution in [0.2, 0.25) is 0 Å². The summed E-state index contributed by atoms with van der Waals surface area (Å²) in [6.07, 6.45) is 8.04. The van der Waals surface area contributed by atoms with Gasteiger partial charge in [0.25, 0.3) is 0 Å². The van der Waals surface area contributed by atoms with Gasteiger partial charge in [0.2, 0.25) is 5.91 Å². The Kier molecular flexibility index (Phi) is 9.87. The van der Waals surface area contributed by atoms with E-state index in [1.807, 2.05) is 4.90 Å². The molecule has 0 bridgehead atoms. The molecule has 2 rings (SSSR count). The SMILES string of the molecule is CCCCCCC(C)NC(=NCc1ccc(CN2CCCC2=O)cc1)NCC. The first kappa shape index (κ1) is 22.3. The van der Waals surface area contributed by atoms with Crippen molar-refractivity contribution in [1.29, 1.82) is 0 Å². The van der Waals surface area contributed by atoms with Gasteiger partial charge in [-0.3, -0.25) is 4.79 Å². The Balaban J connectivity index is 1.83. The normalized spacial score (nSPS) is 15.8. The Morgan fingerprint density at radius 1 is 1.14 bits per heavy atom. The molecule has 156 valence electrons. The molecule has 1 unspecified atom stereocenters. The molecule has 0 aliphatic carbocycles. The van der Waals surface area contributed by atoms with Crippen LogP contribution in [0.25, 0.3) is 0 Å². The number of hydrogen-bond donors (Lipinski definition) is 2. The van der Waals surface area contributed by atoms with Gasteiger partial charge in [-0.05, 0) is 37.8 Å². The summed E-state index contributed by atoms with van der Waals surface area (Å²) in [6, 6.07) is 8.91. The standard InChI is InChI=1S/C23H38N4O/c1-4-6-7-8-10-19(3)26-23(24-5-2)25-17-20-12-14-21(15-13-20)18-27-16-9-11-22(27)28/h12-15,19H,4-11,16-18H2,1-3H3,(H2,24,25,26). The van der Waals surface area contributed by atoms with Gasteiger partial charge in [-0.1, -0.05) is 56.9 Å². The summed E-state index contributed by atoms with van der Waals surface area (Å²) in [5.41, 5.74) is 2.37. The van der Waals surface area contributed by atoms with E-state index < -0.39 is 0 Å². The molecule has 5 nitrogen and oxygen atoms in total. The summed E-state index contributed by atoms with van der Waals surface area (Å²) < 4.78 is 0. The van der Waals surface area contributed by atoms with E-state index in [0.717, 1.165) is 32.0 Å². The summed E-state index contributed by atoms with van der Waals surface area (Å²) in [5, 5.41) is 6.87. The highest BCUT2D eigenvalue weighted by Crippen LogP contribution is 2.15. The van der Waals surface area contributed by atoms with Gasteiger partial charge < -0.3 is 15.5 Å². The zero-order valence-corrected chi connectivity index (χ0v) is 18.0. The van der Waals surface area contributed by atoms with Crippen molar-refractivity contribution in [2.24, 2.45) is 4.99 Å². The number of amides is 1. The predicted molar refractivity (Wildman–Crippen MR) is 117 cm³/mol. The van der Waals surface area contributed by atoms with E-state index in [2.05, 4.69) is 55.7 Å². The van der Waals surface area contributed by atoms with Crippen LogP contribution < -0.4 is 10.6 Å². The lowest BCUT2D eigenvalue weighted by molar-refractivity contribution is -0.128. The van der Waals surface area contributed by atoms with Crippen molar-refractivity contribution >= 4 is 11.9 Å². The number of nitrogens with one attached hydrogen (secondary N) is 2. The van der Waals surface area contributed by atoms with Crippen LogP contribution in [0.1, 0.15) is 76.8 Å². The third kappa shape index (κ3) is 7.91. The van der Waals surface area contributed by atoms with Gasteiger partial charge in [0.1, 0.15) is 0 Å². The van der Waals surface area contributed by atoms with Crippen molar-refractivity contribution in [1.82, 2.24) is 15.5 Å². The molecule has 5 heteroatoms. The van der Waals surface area contributed by atoms with Crippen LogP contribution in [0.4, 0.5) is 0 Å². The number of carbonyl (C=O) groups excluding carboxylic acids is 1. The first-order valence-electron chi connectivity index (χ1n) is 11.0. The van der Waals surface area contributed by atoms with Crippen LogP contribution in [0.5, 0.6) is 0 Å². The molecule has 2 N–H and O–H groups in total. The number of guanidine groups is 1. The van der Waals surface area contributed by atoms with Crippen LogP contribution in [0.15, 0.2) is 29.3 Å². The van der Waals surface area contributed by atoms with Crippen molar-refractivity contribution in [2.75, 3.05) is 13.1 Å². The van der Waals surface area contributed by atoms with Crippen LogP contribution in [0, 0.1) is 0 Å². The van der Waals surface area contributed by atoms with Gasteiger partial charge in [-0.15, -0.1) is 0 Å². The molecule has 1 aromatic carbocycles. The molecule has 1 atom stereocenters. The predicted octanol–water partition coefficient (Wildman–Crippen LogP) is 4.22. The van der Waals surface area contributed by atoms with Gasteiger partial charge in [0, 0.05) is 32.1 Å². The molecule has 0 spiro atoms. The van der Waals surface area contributed by atoms with Crippen molar-refractivity contribution in [3.63, 3.8) is 0 Å². The summed E-state index contributed by atoms with van der Waals surface area (Å²) in [7, 11) is 0. The number of nitrogens with zero attached hydrogens (tertiary/aromatic N) is 2. The lowest BCUT2D eigenvalue weighted by atomic mass is 10.1. The fourth-order valence-electron chi connectivity index (χ4n) is 3.51. The number of likely N-dealkylation sites (tertiary alicyclic amines) is 1. The summed E-state index contributed by atoms with van der Waals surface area (Å²) >= 11 is 0. The van der Waals surface area contributed by atoms with Crippen molar-refractivity contribution in [3.8, 4) is 0 Å². The summed E-state index contributed by atoms with van der Waals surface area (Å²) in [6.45, 7) is 9.69. The Morgan fingerprint density at radius 3 is 2.54 bits per heavy atom. The minimum Gasteiger partial charge on any atom is -0.357 e. The van der Waals surface area contributed by atoms with E-state index in [-0.39, 0.29) is 5.91 Å². The second-order valence-electron chi connectivity index (χ2n) is 7.83. The second kappa shape index (κ2) is 12.4. The fraction of sp³-hybridized carbons (Fsp3) is 0.652. The molecular formula is C23H38N4O. The number of benzene rings is 1. The highest BCUT2D eigenvalue weighted by Gasteiger charge is 2.19. The fourth-order valence-corrected chi connectivity index (χ4v) is 3.51. The van der Waals surface area contributed by atoms with Gasteiger partial charge in [0.05, 0.1) is 6.54 Å². The van der Waals surface area contributed by atoms with Gasteiger partial charge in [-0.25, -0.2) is 4.99 Å². The van der Waals surface area contributed by atoms with Crippen LogP contribution in [0.3, 0.4) is 0 Å². The first-order chi connectivity index (χ1) is 13.6. The molecule has 1 saturated heterocycles. The van der Waals surface area contributed by atoms with Gasteiger partial charge in [-0.2, -0.15) is 0 Å². The van der Waals surface area contributed by atoms with Crippen molar-refractivity contribution in [2.45, 2.75) is 84.8 Å². The molecule has 0 aromatic heterocycles. The zero-order chi connectivity index (χ0) is 20.2. The average Bonchev–Trinajstić information content (AvgIpc) is 3.09. The van der Waals surface area contributed by atoms with E-state index >= 15 is 0 Å². The monoisotopic (exact) mass is 386 g/mol. The van der Waals surface area contributed by atoms with Crippen molar-refractivity contribution < 1.29 is 4.79 Å². The van der Waals surface area contributed by atoms with E-state index in [4.69, 9.17) is 4.99 Å². The maximum Gasteiger partial charge on any atom is 0.222 e. The first-order valence-corrected chi connectivity index (χ1v) is 11.0. The quantitative estimate of drug-likeness (QED) is 0.340. The van der Waals surface area contributed by atoms with Gasteiger partial charge in [0.15, 0.2) is 5.96 Å². The highest BCUT2D eigenvalue weighted by molar-refractivity contribution is 5.80. The van der Waals surface area contributed by atoms with Crippen LogP contribution in [-0.4, -0.2) is 35.9 Å². The molecule has 1 heterocycles. The minimum atomic E-state index is 0.277. The molecule has 28 heavy (non-hydrogen) atoms. The maximum atomic E-state index is 11.8. The van der Waals surface area contributed by atoms with E-state index in [9.17, 15) is 4.79 Å². The lowest BCUT2D eigenvalue weighted by Crippen LogP contribution is -2.42. The van der Waals surface area contributed by atoms with Crippen LogP contribution >= 0.6 is 0 Å². The van der Waals surface area contributed by atoms with E-state index in [1.54, 1.807) is 0 Å². The number of aliphatic imine (C=N–C) groups is 1. The Bertz CT molecular complexity index is 612. The Hall–Kier alpha value is -2.04. The molecule has 0 radical (unpaired) electrons. The molecule has 1 fully saturated rings. The second-order valence-corrected chi connectivity index (χ2v) is 7.83. The topological polar surface area (TPSA) is 56.7 Å². The largest absolute Gasteiger partial charge is 0.357 e.